The maximum atomic E-state index is 12.8. The number of rotatable bonds is 6. The molecule has 0 aromatic heterocycles. The van der Waals surface area contributed by atoms with E-state index in [0.29, 0.717) is 38.5 Å². The smallest absolute Gasteiger partial charge is 0.243 e. The summed E-state index contributed by atoms with van der Waals surface area (Å²) in [4.78, 5) is 13.9. The van der Waals surface area contributed by atoms with Crippen molar-refractivity contribution >= 4 is 21.6 Å². The molecule has 0 N–H and O–H groups in total. The van der Waals surface area contributed by atoms with Gasteiger partial charge in [-0.1, -0.05) is 12.1 Å². The number of hydrogen-bond acceptors (Lipinski definition) is 5. The molecule has 0 spiro atoms. The first-order valence-electron chi connectivity index (χ1n) is 9.74. The van der Waals surface area contributed by atoms with Crippen LogP contribution >= 0.6 is 0 Å². The summed E-state index contributed by atoms with van der Waals surface area (Å²) in [5.74, 6) is 0.818. The summed E-state index contributed by atoms with van der Waals surface area (Å²) in [6.45, 7) is 2.59. The Morgan fingerprint density at radius 3 is 2.45 bits per heavy atom. The quantitative estimate of drug-likeness (QED) is 0.723. The van der Waals surface area contributed by atoms with Crippen molar-refractivity contribution in [3.05, 3.63) is 54.1 Å². The molecule has 0 aliphatic carbocycles. The topological polar surface area (TPSA) is 76.2 Å². The lowest BCUT2D eigenvalue weighted by Gasteiger charge is -2.26. The fraction of sp³-hybridized carbons (Fsp3) is 0.381. The van der Waals surface area contributed by atoms with Crippen molar-refractivity contribution in [1.82, 2.24) is 4.31 Å². The van der Waals surface area contributed by atoms with E-state index in [-0.39, 0.29) is 17.4 Å². The van der Waals surface area contributed by atoms with Crippen LogP contribution in [0.25, 0.3) is 0 Å². The Morgan fingerprint density at radius 1 is 1.00 bits per heavy atom. The van der Waals surface area contributed by atoms with E-state index in [9.17, 15) is 13.2 Å². The second kappa shape index (κ2) is 8.52. The van der Waals surface area contributed by atoms with E-state index in [2.05, 4.69) is 0 Å². The summed E-state index contributed by atoms with van der Waals surface area (Å²) < 4.78 is 38.1. The second-order valence-electron chi connectivity index (χ2n) is 7.10. The molecule has 2 aliphatic heterocycles. The average Bonchev–Trinajstić information content (AvgIpc) is 3.19. The molecule has 0 atom stereocenters. The maximum absolute atomic E-state index is 12.8. The van der Waals surface area contributed by atoms with Gasteiger partial charge < -0.3 is 14.4 Å². The lowest BCUT2D eigenvalue weighted by molar-refractivity contribution is -0.117. The van der Waals surface area contributed by atoms with Crippen LogP contribution in [0.4, 0.5) is 5.69 Å². The Labute approximate surface area is 170 Å². The number of anilines is 1. The Hall–Kier alpha value is -2.42. The Bertz CT molecular complexity index is 969. The van der Waals surface area contributed by atoms with Gasteiger partial charge in [0.25, 0.3) is 0 Å². The molecular formula is C21H24N2O5S. The summed E-state index contributed by atoms with van der Waals surface area (Å²) in [7, 11) is -3.53. The molecule has 2 heterocycles. The van der Waals surface area contributed by atoms with Crippen molar-refractivity contribution in [3.8, 4) is 5.75 Å². The number of carbonyl (C=O) groups is 1. The van der Waals surface area contributed by atoms with Gasteiger partial charge in [0, 0.05) is 31.7 Å². The average molecular weight is 416 g/mol. The number of amides is 1. The summed E-state index contributed by atoms with van der Waals surface area (Å²) in [5.41, 5.74) is 1.65. The van der Waals surface area contributed by atoms with Gasteiger partial charge in [-0.25, -0.2) is 8.42 Å². The number of hydrogen-bond donors (Lipinski definition) is 0. The fourth-order valence-electron chi connectivity index (χ4n) is 3.54. The highest BCUT2D eigenvalue weighted by Gasteiger charge is 2.26. The van der Waals surface area contributed by atoms with E-state index >= 15 is 0 Å². The number of nitrogens with zero attached hydrogens (tertiary/aromatic N) is 2. The summed E-state index contributed by atoms with van der Waals surface area (Å²) in [6.07, 6.45) is 1.49. The van der Waals surface area contributed by atoms with E-state index in [1.807, 2.05) is 30.3 Å². The van der Waals surface area contributed by atoms with Gasteiger partial charge in [-0.3, -0.25) is 4.79 Å². The highest BCUT2D eigenvalue weighted by Crippen LogP contribution is 2.25. The zero-order chi connectivity index (χ0) is 20.3. The summed E-state index contributed by atoms with van der Waals surface area (Å²) in [6, 6.07) is 14.2. The van der Waals surface area contributed by atoms with Gasteiger partial charge >= 0.3 is 0 Å². The van der Waals surface area contributed by atoms with Crippen molar-refractivity contribution in [3.63, 3.8) is 0 Å². The minimum atomic E-state index is -3.53. The lowest BCUT2D eigenvalue weighted by Crippen LogP contribution is -2.40. The van der Waals surface area contributed by atoms with Gasteiger partial charge in [0.1, 0.15) is 12.4 Å². The molecule has 0 unspecified atom stereocenters. The molecule has 0 bridgehead atoms. The minimum Gasteiger partial charge on any atom is -0.489 e. The van der Waals surface area contributed by atoms with Crippen LogP contribution in [-0.2, 0) is 26.2 Å². The van der Waals surface area contributed by atoms with Crippen LogP contribution in [0.3, 0.4) is 0 Å². The number of benzene rings is 2. The predicted molar refractivity (Wildman–Crippen MR) is 108 cm³/mol. The molecule has 2 saturated heterocycles. The van der Waals surface area contributed by atoms with Crippen LogP contribution in [0.5, 0.6) is 5.75 Å². The Morgan fingerprint density at radius 2 is 1.76 bits per heavy atom. The highest BCUT2D eigenvalue weighted by atomic mass is 32.2. The van der Waals surface area contributed by atoms with Gasteiger partial charge in [0.15, 0.2) is 0 Å². The van der Waals surface area contributed by atoms with Crippen molar-refractivity contribution in [2.75, 3.05) is 37.7 Å². The molecule has 7 nitrogen and oxygen atoms in total. The van der Waals surface area contributed by atoms with Gasteiger partial charge in [-0.15, -0.1) is 0 Å². The van der Waals surface area contributed by atoms with Gasteiger partial charge in [0.2, 0.25) is 15.9 Å². The molecule has 0 saturated carbocycles. The van der Waals surface area contributed by atoms with E-state index in [1.165, 1.54) is 4.31 Å². The summed E-state index contributed by atoms with van der Waals surface area (Å²) in [5, 5.41) is 0. The molecule has 29 heavy (non-hydrogen) atoms. The van der Waals surface area contributed by atoms with Crippen LogP contribution in [0.15, 0.2) is 53.4 Å². The van der Waals surface area contributed by atoms with Gasteiger partial charge in [-0.05, 0) is 48.4 Å². The van der Waals surface area contributed by atoms with Crippen molar-refractivity contribution in [1.29, 1.82) is 0 Å². The second-order valence-corrected chi connectivity index (χ2v) is 9.03. The van der Waals surface area contributed by atoms with Crippen LogP contribution < -0.4 is 9.64 Å². The molecule has 0 radical (unpaired) electrons. The number of sulfonamides is 1. The van der Waals surface area contributed by atoms with E-state index in [4.69, 9.17) is 9.47 Å². The monoisotopic (exact) mass is 416 g/mol. The van der Waals surface area contributed by atoms with E-state index in [1.54, 1.807) is 23.1 Å². The largest absolute Gasteiger partial charge is 0.489 e. The SMILES string of the molecule is O=C1CCCN1c1ccc(OCc2cccc(S(=O)(=O)N3CCOCC3)c2)cc1. The number of carbonyl (C=O) groups excluding carboxylic acids is 1. The Balaban J connectivity index is 1.41. The van der Waals surface area contributed by atoms with Crippen LogP contribution in [-0.4, -0.2) is 51.5 Å². The number of morpholine rings is 1. The lowest BCUT2D eigenvalue weighted by atomic mass is 10.2. The van der Waals surface area contributed by atoms with E-state index in [0.717, 1.165) is 24.2 Å². The third-order valence-electron chi connectivity index (χ3n) is 5.13. The molecule has 2 aromatic carbocycles. The standard InChI is InChI=1S/C21H24N2O5S/c24-21-5-2-10-23(21)18-6-8-19(9-7-18)28-16-17-3-1-4-20(15-17)29(25,26)22-11-13-27-14-12-22/h1,3-4,6-9,15H,2,5,10-14,16H2. The van der Waals surface area contributed by atoms with Gasteiger partial charge in [-0.2, -0.15) is 4.31 Å². The fourth-order valence-corrected chi connectivity index (χ4v) is 5.02. The molecule has 2 aromatic rings. The van der Waals surface area contributed by atoms with Crippen LogP contribution in [0, 0.1) is 0 Å². The maximum Gasteiger partial charge on any atom is 0.243 e. The van der Waals surface area contributed by atoms with E-state index < -0.39 is 10.0 Å². The summed E-state index contributed by atoms with van der Waals surface area (Å²) >= 11 is 0. The molecule has 154 valence electrons. The number of ether oxygens (including phenoxy) is 2. The van der Waals surface area contributed by atoms with Crippen molar-refractivity contribution in [2.24, 2.45) is 0 Å². The molecule has 1 amide bonds. The molecule has 4 rings (SSSR count). The van der Waals surface area contributed by atoms with Crippen LogP contribution in [0.2, 0.25) is 0 Å². The first-order chi connectivity index (χ1) is 14.0. The van der Waals surface area contributed by atoms with Crippen molar-refractivity contribution in [2.45, 2.75) is 24.3 Å². The zero-order valence-corrected chi connectivity index (χ0v) is 16.9. The first-order valence-corrected chi connectivity index (χ1v) is 11.2. The molecule has 8 heteroatoms. The Kier molecular flexibility index (Phi) is 5.84. The minimum absolute atomic E-state index is 0.150. The predicted octanol–water partition coefficient (Wildman–Crippen LogP) is 2.41. The van der Waals surface area contributed by atoms with Crippen LogP contribution in [0.1, 0.15) is 18.4 Å². The van der Waals surface area contributed by atoms with Gasteiger partial charge in [0.05, 0.1) is 18.1 Å². The molecular weight excluding hydrogens is 392 g/mol. The normalized spacial score (nSPS) is 18.2. The third-order valence-corrected chi connectivity index (χ3v) is 7.03. The molecule has 2 aliphatic rings. The first kappa shape index (κ1) is 19.9. The van der Waals surface area contributed by atoms with Crippen molar-refractivity contribution < 1.29 is 22.7 Å². The third kappa shape index (κ3) is 4.44. The zero-order valence-electron chi connectivity index (χ0n) is 16.1. The molecule has 2 fully saturated rings. The highest BCUT2D eigenvalue weighted by molar-refractivity contribution is 7.89.